The third kappa shape index (κ3) is 2.18. The molecular formula is C17H11F2NO. The SMILES string of the molecule is Cc1ccc(F)c(C(=O)c2cncc3ccccc23)c1F. The first-order valence-corrected chi connectivity index (χ1v) is 6.41. The Kier molecular flexibility index (Phi) is 3.22. The van der Waals surface area contributed by atoms with Crippen LogP contribution in [0.2, 0.25) is 0 Å². The number of fused-ring (bicyclic) bond motifs is 1. The number of carbonyl (C=O) groups excluding carboxylic acids is 1. The smallest absolute Gasteiger partial charge is 0.201 e. The van der Waals surface area contributed by atoms with Crippen LogP contribution in [-0.2, 0) is 0 Å². The van der Waals surface area contributed by atoms with E-state index < -0.39 is 23.0 Å². The second-order valence-corrected chi connectivity index (χ2v) is 4.79. The van der Waals surface area contributed by atoms with Crippen molar-refractivity contribution in [1.29, 1.82) is 0 Å². The molecular weight excluding hydrogens is 272 g/mol. The Labute approximate surface area is 120 Å². The molecule has 4 heteroatoms. The zero-order chi connectivity index (χ0) is 15.0. The first-order chi connectivity index (χ1) is 10.1. The summed E-state index contributed by atoms with van der Waals surface area (Å²) in [6, 6.07) is 9.51. The van der Waals surface area contributed by atoms with Crippen LogP contribution in [0.5, 0.6) is 0 Å². The summed E-state index contributed by atoms with van der Waals surface area (Å²) in [7, 11) is 0. The number of carbonyl (C=O) groups is 1. The summed E-state index contributed by atoms with van der Waals surface area (Å²) >= 11 is 0. The molecule has 0 radical (unpaired) electrons. The maximum absolute atomic E-state index is 14.1. The molecule has 0 atom stereocenters. The van der Waals surface area contributed by atoms with Crippen LogP contribution in [0.4, 0.5) is 8.78 Å². The highest BCUT2D eigenvalue weighted by atomic mass is 19.1. The van der Waals surface area contributed by atoms with Gasteiger partial charge in [0.2, 0.25) is 5.78 Å². The first kappa shape index (κ1) is 13.4. The summed E-state index contributed by atoms with van der Waals surface area (Å²) in [5.41, 5.74) is -0.113. The summed E-state index contributed by atoms with van der Waals surface area (Å²) < 4.78 is 28.0. The molecule has 104 valence electrons. The minimum absolute atomic E-state index is 0.191. The van der Waals surface area contributed by atoms with E-state index in [2.05, 4.69) is 4.98 Å². The molecule has 0 aliphatic carbocycles. The van der Waals surface area contributed by atoms with Gasteiger partial charge >= 0.3 is 0 Å². The number of hydrogen-bond donors (Lipinski definition) is 0. The van der Waals surface area contributed by atoms with E-state index in [1.54, 1.807) is 24.4 Å². The summed E-state index contributed by atoms with van der Waals surface area (Å²) in [6.45, 7) is 1.49. The minimum Gasteiger partial charge on any atom is -0.288 e. The molecule has 2 nitrogen and oxygen atoms in total. The molecule has 0 fully saturated rings. The molecule has 0 aliphatic rings. The second kappa shape index (κ2) is 5.05. The Morgan fingerprint density at radius 1 is 1.05 bits per heavy atom. The maximum Gasteiger partial charge on any atom is 0.201 e. The van der Waals surface area contributed by atoms with Gasteiger partial charge in [-0.3, -0.25) is 9.78 Å². The van der Waals surface area contributed by atoms with Crippen LogP contribution >= 0.6 is 0 Å². The Morgan fingerprint density at radius 2 is 1.81 bits per heavy atom. The lowest BCUT2D eigenvalue weighted by atomic mass is 9.97. The fourth-order valence-corrected chi connectivity index (χ4v) is 2.30. The monoisotopic (exact) mass is 283 g/mol. The number of nitrogens with zero attached hydrogens (tertiary/aromatic N) is 1. The molecule has 0 amide bonds. The molecule has 3 aromatic rings. The van der Waals surface area contributed by atoms with Crippen molar-refractivity contribution in [3.05, 3.63) is 77.1 Å². The topological polar surface area (TPSA) is 30.0 Å². The molecule has 1 heterocycles. The Hall–Kier alpha value is -2.62. The highest BCUT2D eigenvalue weighted by molar-refractivity contribution is 6.16. The van der Waals surface area contributed by atoms with Crippen molar-refractivity contribution < 1.29 is 13.6 Å². The number of aryl methyl sites for hydroxylation is 1. The molecule has 0 aliphatic heterocycles. The second-order valence-electron chi connectivity index (χ2n) is 4.79. The molecule has 0 saturated carbocycles. The summed E-state index contributed by atoms with van der Waals surface area (Å²) in [4.78, 5) is 16.5. The molecule has 0 saturated heterocycles. The first-order valence-electron chi connectivity index (χ1n) is 6.41. The van der Waals surface area contributed by atoms with Gasteiger partial charge in [0.05, 0.1) is 5.56 Å². The highest BCUT2D eigenvalue weighted by Crippen LogP contribution is 2.24. The van der Waals surface area contributed by atoms with E-state index in [4.69, 9.17) is 0 Å². The number of ketones is 1. The quantitative estimate of drug-likeness (QED) is 0.664. The van der Waals surface area contributed by atoms with E-state index in [0.717, 1.165) is 11.5 Å². The third-order valence-corrected chi connectivity index (χ3v) is 3.42. The van der Waals surface area contributed by atoms with Gasteiger partial charge in [-0.05, 0) is 23.9 Å². The Morgan fingerprint density at radius 3 is 2.62 bits per heavy atom. The Balaban J connectivity index is 2.25. The normalized spacial score (nSPS) is 10.8. The average Bonchev–Trinajstić information content (AvgIpc) is 2.50. The molecule has 0 spiro atoms. The van der Waals surface area contributed by atoms with E-state index >= 15 is 0 Å². The maximum atomic E-state index is 14.1. The van der Waals surface area contributed by atoms with Gasteiger partial charge in [-0.15, -0.1) is 0 Å². The van der Waals surface area contributed by atoms with Crippen LogP contribution < -0.4 is 0 Å². The van der Waals surface area contributed by atoms with Crippen LogP contribution in [0, 0.1) is 18.6 Å². The van der Waals surface area contributed by atoms with E-state index in [9.17, 15) is 13.6 Å². The van der Waals surface area contributed by atoms with Crippen molar-refractivity contribution in [2.45, 2.75) is 6.92 Å². The number of hydrogen-bond acceptors (Lipinski definition) is 2. The highest BCUT2D eigenvalue weighted by Gasteiger charge is 2.22. The summed E-state index contributed by atoms with van der Waals surface area (Å²) in [5.74, 6) is -2.39. The zero-order valence-corrected chi connectivity index (χ0v) is 11.2. The van der Waals surface area contributed by atoms with Gasteiger partial charge < -0.3 is 0 Å². The molecule has 1 aromatic heterocycles. The summed E-state index contributed by atoms with van der Waals surface area (Å²) in [6.07, 6.45) is 2.95. The predicted molar refractivity (Wildman–Crippen MR) is 76.3 cm³/mol. The molecule has 3 rings (SSSR count). The predicted octanol–water partition coefficient (Wildman–Crippen LogP) is 4.05. The lowest BCUT2D eigenvalue weighted by molar-refractivity contribution is 0.103. The van der Waals surface area contributed by atoms with Gasteiger partial charge in [-0.25, -0.2) is 8.78 Å². The van der Waals surface area contributed by atoms with Crippen molar-refractivity contribution in [3.63, 3.8) is 0 Å². The van der Waals surface area contributed by atoms with Gasteiger partial charge in [0.25, 0.3) is 0 Å². The van der Waals surface area contributed by atoms with Crippen LogP contribution in [0.3, 0.4) is 0 Å². The Bertz CT molecular complexity index is 853. The van der Waals surface area contributed by atoms with E-state index in [0.29, 0.717) is 5.39 Å². The third-order valence-electron chi connectivity index (χ3n) is 3.42. The average molecular weight is 283 g/mol. The summed E-state index contributed by atoms with van der Waals surface area (Å²) in [5, 5.41) is 1.37. The number of benzene rings is 2. The fourth-order valence-electron chi connectivity index (χ4n) is 2.30. The molecule has 21 heavy (non-hydrogen) atoms. The van der Waals surface area contributed by atoms with Crippen molar-refractivity contribution in [3.8, 4) is 0 Å². The standard InChI is InChI=1S/C17H11F2NO/c1-10-6-7-14(18)15(16(10)19)17(21)13-9-20-8-11-4-2-3-5-12(11)13/h2-9H,1H3. The van der Waals surface area contributed by atoms with Crippen molar-refractivity contribution in [2.24, 2.45) is 0 Å². The molecule has 0 bridgehead atoms. The van der Waals surface area contributed by atoms with Gasteiger partial charge in [0.1, 0.15) is 11.6 Å². The van der Waals surface area contributed by atoms with Gasteiger partial charge in [0.15, 0.2) is 0 Å². The molecule has 0 unspecified atom stereocenters. The zero-order valence-electron chi connectivity index (χ0n) is 11.2. The van der Waals surface area contributed by atoms with Crippen molar-refractivity contribution in [2.75, 3.05) is 0 Å². The van der Waals surface area contributed by atoms with Crippen LogP contribution in [-0.4, -0.2) is 10.8 Å². The largest absolute Gasteiger partial charge is 0.288 e. The lowest BCUT2D eigenvalue weighted by Crippen LogP contribution is -2.09. The van der Waals surface area contributed by atoms with E-state index in [1.807, 2.05) is 6.07 Å². The van der Waals surface area contributed by atoms with Crippen LogP contribution in [0.1, 0.15) is 21.5 Å². The van der Waals surface area contributed by atoms with Crippen LogP contribution in [0.15, 0.2) is 48.8 Å². The van der Waals surface area contributed by atoms with Gasteiger partial charge in [0, 0.05) is 23.3 Å². The number of aromatic nitrogens is 1. The van der Waals surface area contributed by atoms with Gasteiger partial charge in [-0.2, -0.15) is 0 Å². The molecule has 0 N–H and O–H groups in total. The lowest BCUT2D eigenvalue weighted by Gasteiger charge is -2.08. The number of rotatable bonds is 2. The molecule has 2 aromatic carbocycles. The number of halogens is 2. The van der Waals surface area contributed by atoms with E-state index in [-0.39, 0.29) is 11.1 Å². The van der Waals surface area contributed by atoms with Gasteiger partial charge in [-0.1, -0.05) is 30.3 Å². The minimum atomic E-state index is -0.865. The van der Waals surface area contributed by atoms with Crippen LogP contribution in [0.25, 0.3) is 10.8 Å². The number of pyridine rings is 1. The van der Waals surface area contributed by atoms with Crippen molar-refractivity contribution in [1.82, 2.24) is 4.98 Å². The fraction of sp³-hybridized carbons (Fsp3) is 0.0588. The van der Waals surface area contributed by atoms with E-state index in [1.165, 1.54) is 19.2 Å². The van der Waals surface area contributed by atoms with Crippen molar-refractivity contribution >= 4 is 16.6 Å².